The molecule has 0 aromatic heterocycles. The van der Waals surface area contributed by atoms with E-state index in [1.54, 1.807) is 36.4 Å². The van der Waals surface area contributed by atoms with Crippen LogP contribution in [0.1, 0.15) is 44.7 Å². The number of carbonyl (C=O) groups excluding carboxylic acids is 2. The molecule has 30 heavy (non-hydrogen) atoms. The molecule has 154 valence electrons. The van der Waals surface area contributed by atoms with Crippen LogP contribution in [0.2, 0.25) is 0 Å². The van der Waals surface area contributed by atoms with Crippen molar-refractivity contribution >= 4 is 11.6 Å². The predicted molar refractivity (Wildman–Crippen MR) is 118 cm³/mol. The zero-order valence-corrected chi connectivity index (χ0v) is 17.7. The number of hydrogen-bond acceptors (Lipinski definition) is 4. The summed E-state index contributed by atoms with van der Waals surface area (Å²) < 4.78 is 6.18. The maximum Gasteiger partial charge on any atom is 0.160 e. The third kappa shape index (κ3) is 4.77. The van der Waals surface area contributed by atoms with Crippen LogP contribution in [0.25, 0.3) is 0 Å². The van der Waals surface area contributed by atoms with E-state index in [2.05, 4.69) is 6.92 Å². The Bertz CT molecular complexity index is 1000. The highest BCUT2D eigenvalue weighted by molar-refractivity contribution is 6.08. The smallest absolute Gasteiger partial charge is 0.160 e. The number of benzene rings is 2. The summed E-state index contributed by atoms with van der Waals surface area (Å²) >= 11 is 0. The van der Waals surface area contributed by atoms with E-state index in [0.29, 0.717) is 16.9 Å². The molecule has 4 nitrogen and oxygen atoms in total. The van der Waals surface area contributed by atoms with E-state index in [9.17, 15) is 14.7 Å². The number of carbonyl (C=O) groups is 2. The zero-order valence-electron chi connectivity index (χ0n) is 17.7. The first kappa shape index (κ1) is 21.3. The number of Topliss-reactive ketones (excluding diaryl/α,β-unsaturated/α-hetero) is 2. The van der Waals surface area contributed by atoms with Gasteiger partial charge in [0.1, 0.15) is 17.1 Å². The molecule has 2 aromatic rings. The standard InChI is InChI=1S/C26H26O4/c1-17(20-5-9-22(29)10-6-20)21-7-11-23(12-8-21)30-26(4)15-13-24(18(2)27)25(14-16-26)19(3)28/h5-17,29H,1-4H3. The molecule has 0 fully saturated rings. The van der Waals surface area contributed by atoms with Crippen LogP contribution in [0.4, 0.5) is 0 Å². The third-order valence-corrected chi connectivity index (χ3v) is 5.32. The molecule has 1 atom stereocenters. The van der Waals surface area contributed by atoms with Gasteiger partial charge in [0, 0.05) is 17.1 Å². The maximum absolute atomic E-state index is 11.9. The first-order chi connectivity index (χ1) is 14.2. The van der Waals surface area contributed by atoms with E-state index in [4.69, 9.17) is 4.74 Å². The minimum absolute atomic E-state index is 0.155. The fourth-order valence-corrected chi connectivity index (χ4v) is 3.45. The highest BCUT2D eigenvalue weighted by Crippen LogP contribution is 2.30. The number of aromatic hydroxyl groups is 1. The number of ether oxygens (including phenoxy) is 1. The summed E-state index contributed by atoms with van der Waals surface area (Å²) in [6, 6.07) is 15.1. The second kappa shape index (κ2) is 8.54. The van der Waals surface area contributed by atoms with Crippen molar-refractivity contribution in [3.8, 4) is 11.5 Å². The summed E-state index contributed by atoms with van der Waals surface area (Å²) in [7, 11) is 0. The first-order valence-corrected chi connectivity index (χ1v) is 9.91. The molecule has 0 spiro atoms. The van der Waals surface area contributed by atoms with Crippen LogP contribution in [0.5, 0.6) is 11.5 Å². The minimum Gasteiger partial charge on any atom is -0.508 e. The molecule has 0 bridgehead atoms. The van der Waals surface area contributed by atoms with Crippen molar-refractivity contribution in [2.45, 2.75) is 39.2 Å². The number of hydrogen-bond donors (Lipinski definition) is 1. The van der Waals surface area contributed by atoms with Gasteiger partial charge in [-0.15, -0.1) is 0 Å². The van der Waals surface area contributed by atoms with Crippen molar-refractivity contribution < 1.29 is 19.4 Å². The van der Waals surface area contributed by atoms with E-state index in [1.807, 2.05) is 43.3 Å². The van der Waals surface area contributed by atoms with Gasteiger partial charge < -0.3 is 9.84 Å². The van der Waals surface area contributed by atoms with Crippen molar-refractivity contribution in [2.24, 2.45) is 0 Å². The normalized spacial score (nSPS) is 16.1. The Kier molecular flexibility index (Phi) is 6.06. The van der Waals surface area contributed by atoms with Crippen LogP contribution in [0.3, 0.4) is 0 Å². The molecule has 0 aliphatic heterocycles. The average Bonchev–Trinajstić information content (AvgIpc) is 2.88. The van der Waals surface area contributed by atoms with E-state index in [1.165, 1.54) is 13.8 Å². The van der Waals surface area contributed by atoms with Gasteiger partial charge in [0.25, 0.3) is 0 Å². The Morgan fingerprint density at radius 1 is 0.833 bits per heavy atom. The largest absolute Gasteiger partial charge is 0.508 e. The highest BCUT2D eigenvalue weighted by atomic mass is 16.5. The van der Waals surface area contributed by atoms with Gasteiger partial charge in [0.05, 0.1) is 0 Å². The van der Waals surface area contributed by atoms with Gasteiger partial charge in [-0.3, -0.25) is 9.59 Å². The monoisotopic (exact) mass is 402 g/mol. The molecular formula is C26H26O4. The lowest BCUT2D eigenvalue weighted by atomic mass is 9.93. The van der Waals surface area contributed by atoms with Gasteiger partial charge in [0.15, 0.2) is 11.6 Å². The molecule has 0 radical (unpaired) electrons. The summed E-state index contributed by atoms with van der Waals surface area (Å²) in [5, 5.41) is 9.47. The zero-order chi connectivity index (χ0) is 21.9. The predicted octanol–water partition coefficient (Wildman–Crippen LogP) is 5.28. The molecule has 0 amide bonds. The second-order valence-corrected chi connectivity index (χ2v) is 7.77. The van der Waals surface area contributed by atoms with Crippen LogP contribution in [-0.4, -0.2) is 22.3 Å². The van der Waals surface area contributed by atoms with Crippen molar-refractivity contribution in [3.05, 3.63) is 95.1 Å². The van der Waals surface area contributed by atoms with E-state index >= 15 is 0 Å². The molecule has 0 saturated carbocycles. The van der Waals surface area contributed by atoms with Crippen molar-refractivity contribution in [2.75, 3.05) is 0 Å². The summed E-state index contributed by atoms with van der Waals surface area (Å²) in [5.74, 6) is 0.802. The van der Waals surface area contributed by atoms with Crippen LogP contribution in [0, 0.1) is 0 Å². The van der Waals surface area contributed by atoms with Gasteiger partial charge in [-0.25, -0.2) is 0 Å². The number of phenols is 1. The van der Waals surface area contributed by atoms with Crippen molar-refractivity contribution in [1.29, 1.82) is 0 Å². The Balaban J connectivity index is 1.79. The summed E-state index contributed by atoms with van der Waals surface area (Å²) in [6.07, 6.45) is 6.92. The Hall–Kier alpha value is -3.40. The lowest BCUT2D eigenvalue weighted by Gasteiger charge is -2.24. The van der Waals surface area contributed by atoms with Crippen LogP contribution < -0.4 is 4.74 Å². The van der Waals surface area contributed by atoms with Crippen molar-refractivity contribution in [3.63, 3.8) is 0 Å². The fourth-order valence-electron chi connectivity index (χ4n) is 3.45. The van der Waals surface area contributed by atoms with Crippen molar-refractivity contribution in [1.82, 2.24) is 0 Å². The van der Waals surface area contributed by atoms with E-state index < -0.39 is 5.60 Å². The lowest BCUT2D eigenvalue weighted by Crippen LogP contribution is -2.26. The minimum atomic E-state index is -0.790. The third-order valence-electron chi connectivity index (χ3n) is 5.32. The number of phenolic OH excluding ortho intramolecular Hbond substituents is 1. The number of ketones is 2. The maximum atomic E-state index is 11.9. The Morgan fingerprint density at radius 2 is 1.27 bits per heavy atom. The van der Waals surface area contributed by atoms with Gasteiger partial charge in [0.2, 0.25) is 0 Å². The lowest BCUT2D eigenvalue weighted by molar-refractivity contribution is -0.115. The molecule has 1 unspecified atom stereocenters. The topological polar surface area (TPSA) is 63.6 Å². The summed E-state index contributed by atoms with van der Waals surface area (Å²) in [5.41, 5.74) is 2.24. The van der Waals surface area contributed by atoms with E-state index in [0.717, 1.165) is 11.1 Å². The Morgan fingerprint density at radius 3 is 1.70 bits per heavy atom. The first-order valence-electron chi connectivity index (χ1n) is 9.91. The molecule has 0 heterocycles. The Labute approximate surface area is 177 Å². The van der Waals surface area contributed by atoms with Gasteiger partial charge in [-0.1, -0.05) is 43.3 Å². The summed E-state index contributed by atoms with van der Waals surface area (Å²) in [4.78, 5) is 23.8. The molecule has 3 rings (SSSR count). The molecule has 2 aromatic carbocycles. The SMILES string of the molecule is CC(=O)C1=C(C(C)=O)C=CC(C)(Oc2ccc(C(C)c3ccc(O)cc3)cc2)C=C1. The quantitative estimate of drug-likeness (QED) is 0.714. The average molecular weight is 402 g/mol. The van der Waals surface area contributed by atoms with Crippen LogP contribution in [-0.2, 0) is 9.59 Å². The molecule has 4 heteroatoms. The van der Waals surface area contributed by atoms with Crippen LogP contribution >= 0.6 is 0 Å². The number of rotatable bonds is 6. The van der Waals surface area contributed by atoms with Gasteiger partial charge >= 0.3 is 0 Å². The fraction of sp³-hybridized carbons (Fsp3) is 0.231. The molecule has 0 saturated heterocycles. The summed E-state index contributed by atoms with van der Waals surface area (Å²) in [6.45, 7) is 6.90. The highest BCUT2D eigenvalue weighted by Gasteiger charge is 2.24. The van der Waals surface area contributed by atoms with Gasteiger partial charge in [-0.05, 0) is 68.3 Å². The van der Waals surface area contributed by atoms with Crippen LogP contribution in [0.15, 0.2) is 84.0 Å². The molecular weight excluding hydrogens is 376 g/mol. The molecule has 1 aliphatic carbocycles. The molecule has 1 N–H and O–H groups in total. The molecule has 1 aliphatic rings. The van der Waals surface area contributed by atoms with Gasteiger partial charge in [-0.2, -0.15) is 0 Å². The second-order valence-electron chi connectivity index (χ2n) is 7.77. The number of allylic oxidation sites excluding steroid dienone is 4. The van der Waals surface area contributed by atoms with E-state index in [-0.39, 0.29) is 23.2 Å².